The Morgan fingerprint density at radius 3 is 2.86 bits per heavy atom. The van der Waals surface area contributed by atoms with E-state index in [4.69, 9.17) is 4.74 Å². The molecule has 1 fully saturated rings. The predicted molar refractivity (Wildman–Crippen MR) is 75.5 cm³/mol. The Kier molecular flexibility index (Phi) is 4.12. The van der Waals surface area contributed by atoms with Gasteiger partial charge in [0.2, 0.25) is 0 Å². The quantitative estimate of drug-likeness (QED) is 0.638. The van der Waals surface area contributed by atoms with Crippen LogP contribution in [0.3, 0.4) is 0 Å². The van der Waals surface area contributed by atoms with Crippen LogP contribution >= 0.6 is 0 Å². The van der Waals surface area contributed by atoms with Crippen molar-refractivity contribution in [1.29, 1.82) is 0 Å². The normalized spacial score (nSPS) is 19.2. The summed E-state index contributed by atoms with van der Waals surface area (Å²) in [4.78, 5) is 12.3. The molecule has 0 radical (unpaired) electrons. The van der Waals surface area contributed by atoms with Crippen LogP contribution in [0.1, 0.15) is 11.7 Å². The summed E-state index contributed by atoms with van der Waals surface area (Å²) >= 11 is 0. The Labute approximate surface area is 126 Å². The van der Waals surface area contributed by atoms with Gasteiger partial charge in [-0.3, -0.25) is 19.7 Å². The predicted octanol–water partition coefficient (Wildman–Crippen LogP) is 1.96. The Morgan fingerprint density at radius 2 is 2.18 bits per heavy atom. The molecule has 0 aliphatic carbocycles. The number of hydrogen-bond acceptors (Lipinski definition) is 5. The van der Waals surface area contributed by atoms with Gasteiger partial charge in [0, 0.05) is 13.1 Å². The van der Waals surface area contributed by atoms with Crippen LogP contribution in [-0.2, 0) is 11.4 Å². The van der Waals surface area contributed by atoms with Crippen molar-refractivity contribution in [3.63, 3.8) is 0 Å². The van der Waals surface area contributed by atoms with E-state index in [1.165, 1.54) is 29.2 Å². The lowest BCUT2D eigenvalue weighted by Crippen LogP contribution is -2.39. The van der Waals surface area contributed by atoms with Crippen LogP contribution in [0, 0.1) is 15.9 Å². The maximum absolute atomic E-state index is 13.0. The first-order valence-corrected chi connectivity index (χ1v) is 6.88. The molecule has 2 aromatic rings. The molecular weight excluding hydrogens is 291 g/mol. The summed E-state index contributed by atoms with van der Waals surface area (Å²) < 4.78 is 20.2. The van der Waals surface area contributed by atoms with Gasteiger partial charge in [0.25, 0.3) is 0 Å². The number of aromatic nitrogens is 2. The summed E-state index contributed by atoms with van der Waals surface area (Å²) in [5.41, 5.74) is 0.890. The largest absolute Gasteiger partial charge is 0.371 e. The molecule has 1 unspecified atom stereocenters. The number of halogens is 1. The molecule has 0 amide bonds. The summed E-state index contributed by atoms with van der Waals surface area (Å²) in [5.74, 6) is -0.278. The second-order valence-corrected chi connectivity index (χ2v) is 5.12. The van der Waals surface area contributed by atoms with Gasteiger partial charge in [-0.2, -0.15) is 5.10 Å². The molecule has 22 heavy (non-hydrogen) atoms. The van der Waals surface area contributed by atoms with E-state index in [1.807, 2.05) is 0 Å². The van der Waals surface area contributed by atoms with Crippen molar-refractivity contribution in [2.24, 2.45) is 0 Å². The summed E-state index contributed by atoms with van der Waals surface area (Å²) in [6.07, 6.45) is 2.50. The minimum absolute atomic E-state index is 0.0247. The van der Waals surface area contributed by atoms with Gasteiger partial charge in [-0.25, -0.2) is 4.39 Å². The van der Waals surface area contributed by atoms with E-state index in [1.54, 1.807) is 12.1 Å². The highest BCUT2D eigenvalue weighted by atomic mass is 19.1. The topological polar surface area (TPSA) is 73.4 Å². The smallest absolute Gasteiger partial charge is 0.307 e. The fraction of sp³-hybridized carbons (Fsp3) is 0.357. The summed E-state index contributed by atoms with van der Waals surface area (Å²) in [5, 5.41) is 14.6. The Hall–Kier alpha value is -2.32. The van der Waals surface area contributed by atoms with Gasteiger partial charge in [-0.1, -0.05) is 12.1 Å². The van der Waals surface area contributed by atoms with Gasteiger partial charge >= 0.3 is 5.69 Å². The van der Waals surface area contributed by atoms with Crippen molar-refractivity contribution in [3.8, 4) is 0 Å². The summed E-state index contributed by atoms with van der Waals surface area (Å²) in [6, 6.07) is 6.24. The zero-order chi connectivity index (χ0) is 15.5. The minimum atomic E-state index is -0.468. The number of nitro groups is 1. The SMILES string of the molecule is O=[N+]([O-])c1cnn(CN2CCOC(c3ccc(F)cc3)C2)c1. The third-order valence-corrected chi connectivity index (χ3v) is 3.57. The van der Waals surface area contributed by atoms with Crippen molar-refractivity contribution in [2.75, 3.05) is 19.7 Å². The van der Waals surface area contributed by atoms with Crippen molar-refractivity contribution in [1.82, 2.24) is 14.7 Å². The van der Waals surface area contributed by atoms with Gasteiger partial charge in [0.05, 0.1) is 24.3 Å². The van der Waals surface area contributed by atoms with Crippen LogP contribution in [0.4, 0.5) is 10.1 Å². The molecule has 3 rings (SSSR count). The Bertz CT molecular complexity index is 658. The lowest BCUT2D eigenvalue weighted by molar-refractivity contribution is -0.385. The summed E-state index contributed by atoms with van der Waals surface area (Å²) in [7, 11) is 0. The highest BCUT2D eigenvalue weighted by molar-refractivity contribution is 5.21. The standard InChI is InChI=1S/C14H15FN4O3/c15-12-3-1-11(2-4-12)14-9-17(5-6-22-14)10-18-8-13(7-16-18)19(20)21/h1-4,7-8,14H,5-6,9-10H2. The molecule has 116 valence electrons. The van der Waals surface area contributed by atoms with E-state index in [9.17, 15) is 14.5 Å². The van der Waals surface area contributed by atoms with Gasteiger partial charge in [-0.15, -0.1) is 0 Å². The third-order valence-electron chi connectivity index (χ3n) is 3.57. The molecule has 7 nitrogen and oxygen atoms in total. The highest BCUT2D eigenvalue weighted by Gasteiger charge is 2.22. The average molecular weight is 306 g/mol. The van der Waals surface area contributed by atoms with E-state index in [0.717, 1.165) is 5.56 Å². The molecule has 8 heteroatoms. The van der Waals surface area contributed by atoms with E-state index < -0.39 is 4.92 Å². The molecule has 0 bridgehead atoms. The maximum Gasteiger partial charge on any atom is 0.307 e. The van der Waals surface area contributed by atoms with Crippen LogP contribution in [-0.4, -0.2) is 39.3 Å². The zero-order valence-electron chi connectivity index (χ0n) is 11.8. The average Bonchev–Trinajstić information content (AvgIpc) is 2.97. The number of benzene rings is 1. The van der Waals surface area contributed by atoms with Crippen LogP contribution in [0.15, 0.2) is 36.7 Å². The first-order chi connectivity index (χ1) is 10.6. The van der Waals surface area contributed by atoms with Crippen LogP contribution in [0.5, 0.6) is 0 Å². The molecule has 1 aromatic heterocycles. The lowest BCUT2D eigenvalue weighted by atomic mass is 10.1. The molecule has 2 heterocycles. The first kappa shape index (κ1) is 14.6. The van der Waals surface area contributed by atoms with Gasteiger partial charge in [-0.05, 0) is 17.7 Å². The van der Waals surface area contributed by atoms with Crippen molar-refractivity contribution >= 4 is 5.69 Å². The second-order valence-electron chi connectivity index (χ2n) is 5.12. The number of hydrogen-bond donors (Lipinski definition) is 0. The van der Waals surface area contributed by atoms with Crippen molar-refractivity contribution in [2.45, 2.75) is 12.8 Å². The monoisotopic (exact) mass is 306 g/mol. The molecule has 1 atom stereocenters. The molecule has 0 N–H and O–H groups in total. The summed E-state index contributed by atoms with van der Waals surface area (Å²) in [6.45, 7) is 2.34. The fourth-order valence-corrected chi connectivity index (χ4v) is 2.44. The van der Waals surface area contributed by atoms with Crippen LogP contribution < -0.4 is 0 Å². The maximum atomic E-state index is 13.0. The lowest BCUT2D eigenvalue weighted by Gasteiger charge is -2.32. The second kappa shape index (κ2) is 6.20. The van der Waals surface area contributed by atoms with Crippen LogP contribution in [0.2, 0.25) is 0 Å². The molecule has 1 aliphatic rings. The number of rotatable bonds is 4. The molecule has 0 spiro atoms. The van der Waals surface area contributed by atoms with E-state index in [0.29, 0.717) is 26.4 Å². The number of ether oxygens (including phenoxy) is 1. The first-order valence-electron chi connectivity index (χ1n) is 6.88. The van der Waals surface area contributed by atoms with Gasteiger partial charge in [0.15, 0.2) is 0 Å². The number of morpholine rings is 1. The Morgan fingerprint density at radius 1 is 1.41 bits per heavy atom. The minimum Gasteiger partial charge on any atom is -0.371 e. The molecular formula is C14H15FN4O3. The zero-order valence-corrected chi connectivity index (χ0v) is 11.8. The van der Waals surface area contributed by atoms with E-state index in [-0.39, 0.29) is 17.6 Å². The van der Waals surface area contributed by atoms with Gasteiger partial charge < -0.3 is 4.74 Å². The molecule has 1 saturated heterocycles. The molecule has 1 aliphatic heterocycles. The third kappa shape index (κ3) is 3.29. The van der Waals surface area contributed by atoms with E-state index >= 15 is 0 Å². The van der Waals surface area contributed by atoms with E-state index in [2.05, 4.69) is 10.00 Å². The Balaban J connectivity index is 1.65. The van der Waals surface area contributed by atoms with Crippen LogP contribution in [0.25, 0.3) is 0 Å². The van der Waals surface area contributed by atoms with Gasteiger partial charge in [0.1, 0.15) is 18.2 Å². The molecule has 0 saturated carbocycles. The van der Waals surface area contributed by atoms with Crippen molar-refractivity contribution < 1.29 is 14.1 Å². The van der Waals surface area contributed by atoms with Crippen molar-refractivity contribution in [3.05, 3.63) is 58.2 Å². The number of nitrogens with zero attached hydrogens (tertiary/aromatic N) is 4. The highest BCUT2D eigenvalue weighted by Crippen LogP contribution is 2.23. The molecule has 1 aromatic carbocycles. The fourth-order valence-electron chi connectivity index (χ4n) is 2.44.